The average Bonchev–Trinajstić information content (AvgIpc) is 3.20. The maximum absolute atomic E-state index is 12.9. The third-order valence-corrected chi connectivity index (χ3v) is 6.13. The van der Waals surface area contributed by atoms with E-state index in [-0.39, 0.29) is 5.91 Å². The van der Waals surface area contributed by atoms with Gasteiger partial charge >= 0.3 is 0 Å². The third kappa shape index (κ3) is 4.94. The van der Waals surface area contributed by atoms with Gasteiger partial charge in [0.25, 0.3) is 0 Å². The molecule has 1 aromatic carbocycles. The Morgan fingerprint density at radius 1 is 0.971 bits per heavy atom. The van der Waals surface area contributed by atoms with Crippen molar-refractivity contribution in [1.29, 1.82) is 0 Å². The number of piperazine rings is 1. The molecule has 1 fully saturated rings. The van der Waals surface area contributed by atoms with Crippen molar-refractivity contribution in [2.24, 2.45) is 0 Å². The zero-order chi connectivity index (χ0) is 24.9. The molecular formula is C26H31N5O4. The monoisotopic (exact) mass is 477 g/mol. The molecule has 0 radical (unpaired) electrons. The van der Waals surface area contributed by atoms with Crippen LogP contribution in [0.2, 0.25) is 0 Å². The van der Waals surface area contributed by atoms with Crippen molar-refractivity contribution in [3.05, 3.63) is 59.6 Å². The van der Waals surface area contributed by atoms with Gasteiger partial charge in [0.05, 0.1) is 38.4 Å². The Kier molecular flexibility index (Phi) is 7.24. The first kappa shape index (κ1) is 24.1. The predicted octanol–water partition coefficient (Wildman–Crippen LogP) is 3.27. The molecule has 4 rings (SSSR count). The molecule has 0 atom stereocenters. The summed E-state index contributed by atoms with van der Waals surface area (Å²) in [6, 6.07) is 9.42. The minimum atomic E-state index is -0.0315. The highest BCUT2D eigenvalue weighted by Crippen LogP contribution is 2.38. The summed E-state index contributed by atoms with van der Waals surface area (Å²) in [5.41, 5.74) is 3.90. The van der Waals surface area contributed by atoms with E-state index < -0.39 is 0 Å². The van der Waals surface area contributed by atoms with Crippen LogP contribution in [0.1, 0.15) is 17.0 Å². The van der Waals surface area contributed by atoms with E-state index in [0.717, 1.165) is 41.5 Å². The van der Waals surface area contributed by atoms with E-state index in [4.69, 9.17) is 19.3 Å². The SMILES string of the molecule is COc1cc(/C=C/C(=O)N2CCN(c3c(C)nn(-c4ccccn4)c3C)CC2)cc(OC)c1OC. The lowest BCUT2D eigenvalue weighted by Crippen LogP contribution is -2.48. The van der Waals surface area contributed by atoms with Gasteiger partial charge in [0.2, 0.25) is 11.7 Å². The first-order chi connectivity index (χ1) is 17.0. The van der Waals surface area contributed by atoms with Gasteiger partial charge in [0.15, 0.2) is 17.3 Å². The Balaban J connectivity index is 1.43. The molecule has 0 saturated carbocycles. The quantitative estimate of drug-likeness (QED) is 0.483. The summed E-state index contributed by atoms with van der Waals surface area (Å²) in [5, 5.41) is 4.70. The van der Waals surface area contributed by atoms with Crippen LogP contribution in [-0.2, 0) is 4.79 Å². The Hall–Kier alpha value is -4.01. The Morgan fingerprint density at radius 2 is 1.66 bits per heavy atom. The Labute approximate surface area is 205 Å². The molecule has 0 spiro atoms. The van der Waals surface area contributed by atoms with Crippen LogP contribution >= 0.6 is 0 Å². The number of pyridine rings is 1. The summed E-state index contributed by atoms with van der Waals surface area (Å²) in [7, 11) is 4.70. The number of carbonyl (C=O) groups excluding carboxylic acids is 1. The number of carbonyl (C=O) groups is 1. The van der Waals surface area contributed by atoms with Crippen LogP contribution in [0.4, 0.5) is 5.69 Å². The van der Waals surface area contributed by atoms with Crippen LogP contribution in [0, 0.1) is 13.8 Å². The summed E-state index contributed by atoms with van der Waals surface area (Å²) in [5.74, 6) is 2.38. The highest BCUT2D eigenvalue weighted by molar-refractivity contribution is 5.92. The van der Waals surface area contributed by atoms with Crippen LogP contribution in [0.3, 0.4) is 0 Å². The number of nitrogens with zero attached hydrogens (tertiary/aromatic N) is 5. The van der Waals surface area contributed by atoms with Gasteiger partial charge in [-0.1, -0.05) is 6.07 Å². The molecule has 1 aliphatic heterocycles. The molecule has 0 N–H and O–H groups in total. The van der Waals surface area contributed by atoms with Gasteiger partial charge in [-0.25, -0.2) is 9.67 Å². The van der Waals surface area contributed by atoms with E-state index in [1.807, 2.05) is 46.8 Å². The normalized spacial score (nSPS) is 13.9. The lowest BCUT2D eigenvalue weighted by molar-refractivity contribution is -0.126. The summed E-state index contributed by atoms with van der Waals surface area (Å²) in [4.78, 5) is 21.5. The zero-order valence-electron chi connectivity index (χ0n) is 20.8. The second-order valence-electron chi connectivity index (χ2n) is 8.22. The number of amides is 1. The molecule has 9 nitrogen and oxygen atoms in total. The van der Waals surface area contributed by atoms with E-state index in [0.29, 0.717) is 30.3 Å². The highest BCUT2D eigenvalue weighted by atomic mass is 16.5. The number of benzene rings is 1. The molecule has 1 aliphatic rings. The third-order valence-electron chi connectivity index (χ3n) is 6.13. The minimum Gasteiger partial charge on any atom is -0.493 e. The first-order valence-electron chi connectivity index (χ1n) is 11.5. The second-order valence-corrected chi connectivity index (χ2v) is 8.22. The lowest BCUT2D eigenvalue weighted by atomic mass is 10.1. The van der Waals surface area contributed by atoms with Crippen molar-refractivity contribution < 1.29 is 19.0 Å². The molecule has 2 aromatic heterocycles. The molecular weight excluding hydrogens is 446 g/mol. The number of ether oxygens (including phenoxy) is 3. The number of hydrogen-bond acceptors (Lipinski definition) is 7. The van der Waals surface area contributed by atoms with Gasteiger partial charge in [0.1, 0.15) is 0 Å². The van der Waals surface area contributed by atoms with E-state index >= 15 is 0 Å². The van der Waals surface area contributed by atoms with Crippen LogP contribution in [0.25, 0.3) is 11.9 Å². The molecule has 9 heteroatoms. The van der Waals surface area contributed by atoms with Crippen LogP contribution in [0.15, 0.2) is 42.6 Å². The molecule has 1 amide bonds. The molecule has 0 bridgehead atoms. The van der Waals surface area contributed by atoms with Crippen molar-refractivity contribution in [3.63, 3.8) is 0 Å². The maximum Gasteiger partial charge on any atom is 0.246 e. The summed E-state index contributed by atoms with van der Waals surface area (Å²) in [6.07, 6.45) is 5.12. The van der Waals surface area contributed by atoms with Gasteiger partial charge in [-0.3, -0.25) is 4.79 Å². The van der Waals surface area contributed by atoms with E-state index in [1.54, 1.807) is 39.7 Å². The van der Waals surface area contributed by atoms with Crippen molar-refractivity contribution in [2.75, 3.05) is 52.4 Å². The number of aryl methyl sites for hydroxylation is 1. The summed E-state index contributed by atoms with van der Waals surface area (Å²) in [6.45, 7) is 6.80. The fourth-order valence-electron chi connectivity index (χ4n) is 4.42. The number of methoxy groups -OCH3 is 3. The number of anilines is 1. The smallest absolute Gasteiger partial charge is 0.246 e. The molecule has 0 unspecified atom stereocenters. The van der Waals surface area contributed by atoms with Gasteiger partial charge in [-0.15, -0.1) is 0 Å². The predicted molar refractivity (Wildman–Crippen MR) is 135 cm³/mol. The van der Waals surface area contributed by atoms with Crippen molar-refractivity contribution >= 4 is 17.7 Å². The van der Waals surface area contributed by atoms with Crippen molar-refractivity contribution in [3.8, 4) is 23.1 Å². The fraction of sp³-hybridized carbons (Fsp3) is 0.346. The molecule has 1 saturated heterocycles. The summed E-state index contributed by atoms with van der Waals surface area (Å²) < 4.78 is 18.0. The Morgan fingerprint density at radius 3 is 2.23 bits per heavy atom. The molecule has 0 aliphatic carbocycles. The standard InChI is InChI=1S/C26H31N5O4/c1-18-25(19(2)31(28-18)23-8-6-7-11-27-23)30-14-12-29(13-15-30)24(32)10-9-20-16-21(33-3)26(35-5)22(17-20)34-4/h6-11,16-17H,12-15H2,1-5H3/b10-9+. The average molecular weight is 478 g/mol. The van der Waals surface area contributed by atoms with Crippen molar-refractivity contribution in [1.82, 2.24) is 19.7 Å². The zero-order valence-corrected chi connectivity index (χ0v) is 20.8. The molecule has 184 valence electrons. The van der Waals surface area contributed by atoms with Crippen molar-refractivity contribution in [2.45, 2.75) is 13.8 Å². The van der Waals surface area contributed by atoms with Crippen LogP contribution in [0.5, 0.6) is 17.2 Å². The molecule has 35 heavy (non-hydrogen) atoms. The first-order valence-corrected chi connectivity index (χ1v) is 11.5. The van der Waals surface area contributed by atoms with E-state index in [1.165, 1.54) is 0 Å². The fourth-order valence-corrected chi connectivity index (χ4v) is 4.42. The molecule has 3 heterocycles. The van der Waals surface area contributed by atoms with E-state index in [9.17, 15) is 4.79 Å². The van der Waals surface area contributed by atoms with Gasteiger partial charge in [-0.2, -0.15) is 5.10 Å². The lowest BCUT2D eigenvalue weighted by Gasteiger charge is -2.35. The number of hydrogen-bond donors (Lipinski definition) is 0. The maximum atomic E-state index is 12.9. The van der Waals surface area contributed by atoms with Gasteiger partial charge in [0, 0.05) is 38.5 Å². The number of aromatic nitrogens is 3. The molecule has 3 aromatic rings. The topological polar surface area (TPSA) is 82.0 Å². The second kappa shape index (κ2) is 10.5. The highest BCUT2D eigenvalue weighted by Gasteiger charge is 2.25. The van der Waals surface area contributed by atoms with Gasteiger partial charge < -0.3 is 24.0 Å². The van der Waals surface area contributed by atoms with Crippen LogP contribution in [-0.4, -0.2) is 73.1 Å². The van der Waals surface area contributed by atoms with E-state index in [2.05, 4.69) is 16.8 Å². The largest absolute Gasteiger partial charge is 0.493 e. The number of rotatable bonds is 7. The Bertz CT molecular complexity index is 1190. The van der Waals surface area contributed by atoms with Gasteiger partial charge in [-0.05, 0) is 49.8 Å². The summed E-state index contributed by atoms with van der Waals surface area (Å²) >= 11 is 0. The van der Waals surface area contributed by atoms with Crippen LogP contribution < -0.4 is 19.1 Å². The minimum absolute atomic E-state index is 0.0315.